The van der Waals surface area contributed by atoms with Gasteiger partial charge in [0.25, 0.3) is 0 Å². The molecule has 7 nitrogen and oxygen atoms in total. The van der Waals surface area contributed by atoms with Crippen LogP contribution in [-0.4, -0.2) is 42.3 Å². The molecule has 7 N–H and O–H groups in total. The Labute approximate surface area is 100 Å². The fraction of sp³-hybridized carbons (Fsp3) is 0.800. The lowest BCUT2D eigenvalue weighted by atomic mass is 10.1. The molecule has 0 amide bonds. The molecule has 0 fully saturated rings. The highest BCUT2D eigenvalue weighted by atomic mass is 16.5. The van der Waals surface area contributed by atoms with Crippen LogP contribution >= 0.6 is 0 Å². The van der Waals surface area contributed by atoms with E-state index in [0.717, 1.165) is 12.8 Å². The largest absolute Gasteiger partial charge is 0.480 e. The number of carboxylic acid groups (broad SMARTS) is 1. The summed E-state index contributed by atoms with van der Waals surface area (Å²) in [5.41, 5.74) is 16.1. The maximum Gasteiger partial charge on any atom is 0.322 e. The highest BCUT2D eigenvalue weighted by molar-refractivity contribution is 5.75. The van der Waals surface area contributed by atoms with E-state index >= 15 is 0 Å². The van der Waals surface area contributed by atoms with Crippen LogP contribution in [0, 0.1) is 0 Å². The molecule has 100 valence electrons. The first kappa shape index (κ1) is 15.8. The van der Waals surface area contributed by atoms with Gasteiger partial charge < -0.3 is 27.0 Å². The van der Waals surface area contributed by atoms with Gasteiger partial charge in [0.1, 0.15) is 12.1 Å². The van der Waals surface area contributed by atoms with Gasteiger partial charge in [-0.2, -0.15) is 0 Å². The summed E-state index contributed by atoms with van der Waals surface area (Å²) in [6.07, 6.45) is 2.17. The first-order chi connectivity index (χ1) is 7.99. The Morgan fingerprint density at radius 2 is 1.76 bits per heavy atom. The number of carbonyl (C=O) groups is 2. The van der Waals surface area contributed by atoms with Gasteiger partial charge in [0.15, 0.2) is 0 Å². The quantitative estimate of drug-likeness (QED) is 0.296. The Balaban J connectivity index is 3.67. The van der Waals surface area contributed by atoms with Gasteiger partial charge in [0.2, 0.25) is 0 Å². The highest BCUT2D eigenvalue weighted by Gasteiger charge is 2.16. The smallest absolute Gasteiger partial charge is 0.322 e. The van der Waals surface area contributed by atoms with Gasteiger partial charge in [-0.3, -0.25) is 9.59 Å². The number of aliphatic carboxylic acids is 1. The summed E-state index contributed by atoms with van der Waals surface area (Å²) in [5, 5.41) is 8.50. The third kappa shape index (κ3) is 7.67. The zero-order chi connectivity index (χ0) is 13.3. The number of carbonyl (C=O) groups excluding carboxylic acids is 1. The van der Waals surface area contributed by atoms with Gasteiger partial charge in [0.05, 0.1) is 6.61 Å². The zero-order valence-electron chi connectivity index (χ0n) is 9.80. The van der Waals surface area contributed by atoms with Crippen LogP contribution in [0.1, 0.15) is 25.7 Å². The Morgan fingerprint density at radius 3 is 2.29 bits per heavy atom. The summed E-state index contributed by atoms with van der Waals surface area (Å²) in [7, 11) is 0. The number of ether oxygens (including phenoxy) is 1. The number of unbranched alkanes of at least 4 members (excludes halogenated alkanes) is 1. The van der Waals surface area contributed by atoms with E-state index in [4.69, 9.17) is 27.0 Å². The number of rotatable bonds is 9. The molecule has 0 aromatic rings. The van der Waals surface area contributed by atoms with Crippen molar-refractivity contribution in [1.82, 2.24) is 0 Å². The fourth-order valence-corrected chi connectivity index (χ4v) is 1.14. The van der Waals surface area contributed by atoms with Gasteiger partial charge in [-0.1, -0.05) is 6.42 Å². The average Bonchev–Trinajstić information content (AvgIpc) is 2.28. The van der Waals surface area contributed by atoms with Gasteiger partial charge in [-0.25, -0.2) is 0 Å². The second-order valence-electron chi connectivity index (χ2n) is 3.79. The molecule has 0 aliphatic carbocycles. The molecule has 0 rings (SSSR count). The van der Waals surface area contributed by atoms with E-state index < -0.39 is 24.0 Å². The standard InChI is InChI=1S/C10H21N3O4/c11-5-2-1-3-8(13)10(16)17-6-4-7(12)9(14)15/h7-8H,1-6,11-13H2,(H,14,15)/t7-,8-/m0/s1. The molecular formula is C10H21N3O4. The Kier molecular flexibility index (Phi) is 8.29. The minimum Gasteiger partial charge on any atom is -0.480 e. The molecule has 0 saturated heterocycles. The van der Waals surface area contributed by atoms with Crippen molar-refractivity contribution in [3.8, 4) is 0 Å². The molecule has 0 aliphatic rings. The number of nitrogens with two attached hydrogens (primary N) is 3. The molecule has 7 heteroatoms. The number of carboxylic acids is 1. The maximum absolute atomic E-state index is 11.3. The van der Waals surface area contributed by atoms with Gasteiger partial charge in [-0.05, 0) is 19.4 Å². The SMILES string of the molecule is NCCCC[C@H](N)C(=O)OCC[C@H](N)C(=O)O. The molecule has 0 radical (unpaired) electrons. The van der Waals surface area contributed by atoms with Crippen LogP contribution in [0.4, 0.5) is 0 Å². The summed E-state index contributed by atoms with van der Waals surface area (Å²) in [6, 6.07) is -1.70. The molecule has 0 bridgehead atoms. The number of esters is 1. The van der Waals surface area contributed by atoms with Gasteiger partial charge in [0, 0.05) is 6.42 Å². The Bertz CT molecular complexity index is 248. The second-order valence-corrected chi connectivity index (χ2v) is 3.79. The van der Waals surface area contributed by atoms with Crippen molar-refractivity contribution in [1.29, 1.82) is 0 Å². The lowest BCUT2D eigenvalue weighted by Gasteiger charge is -2.12. The third-order valence-corrected chi connectivity index (χ3v) is 2.26. The normalized spacial score (nSPS) is 14.1. The van der Waals surface area contributed by atoms with Crippen LogP contribution in [0.25, 0.3) is 0 Å². The van der Waals surface area contributed by atoms with Crippen LogP contribution in [0.3, 0.4) is 0 Å². The monoisotopic (exact) mass is 247 g/mol. The van der Waals surface area contributed by atoms with Crippen molar-refractivity contribution < 1.29 is 19.4 Å². The minimum absolute atomic E-state index is 0.0309. The van der Waals surface area contributed by atoms with Gasteiger partial charge in [-0.15, -0.1) is 0 Å². The van der Waals surface area contributed by atoms with Gasteiger partial charge >= 0.3 is 11.9 Å². The van der Waals surface area contributed by atoms with Crippen molar-refractivity contribution in [2.75, 3.05) is 13.2 Å². The summed E-state index contributed by atoms with van der Waals surface area (Å²) in [6.45, 7) is 0.534. The van der Waals surface area contributed by atoms with Crippen LogP contribution in [0.15, 0.2) is 0 Å². The van der Waals surface area contributed by atoms with Crippen LogP contribution in [0.2, 0.25) is 0 Å². The van der Waals surface area contributed by atoms with E-state index in [0.29, 0.717) is 13.0 Å². The average molecular weight is 247 g/mol. The minimum atomic E-state index is -1.12. The molecule has 0 aromatic carbocycles. The Morgan fingerprint density at radius 1 is 1.12 bits per heavy atom. The molecule has 17 heavy (non-hydrogen) atoms. The first-order valence-corrected chi connectivity index (χ1v) is 5.59. The van der Waals surface area contributed by atoms with E-state index in [1.807, 2.05) is 0 Å². The maximum atomic E-state index is 11.3. The number of hydrogen-bond acceptors (Lipinski definition) is 6. The molecule has 0 unspecified atom stereocenters. The molecule has 2 atom stereocenters. The predicted molar refractivity (Wildman–Crippen MR) is 62.1 cm³/mol. The highest BCUT2D eigenvalue weighted by Crippen LogP contribution is 2.00. The first-order valence-electron chi connectivity index (χ1n) is 5.59. The van der Waals surface area contributed by atoms with Crippen molar-refractivity contribution >= 4 is 11.9 Å². The van der Waals surface area contributed by atoms with Crippen LogP contribution < -0.4 is 17.2 Å². The topological polar surface area (TPSA) is 142 Å². The van der Waals surface area contributed by atoms with E-state index in [2.05, 4.69) is 0 Å². The molecule has 0 saturated carbocycles. The van der Waals surface area contributed by atoms with Crippen molar-refractivity contribution in [2.24, 2.45) is 17.2 Å². The lowest BCUT2D eigenvalue weighted by Crippen LogP contribution is -2.35. The zero-order valence-corrected chi connectivity index (χ0v) is 9.80. The Hall–Kier alpha value is -1.18. The van der Waals surface area contributed by atoms with E-state index in [-0.39, 0.29) is 13.0 Å². The van der Waals surface area contributed by atoms with Crippen LogP contribution in [-0.2, 0) is 14.3 Å². The molecular weight excluding hydrogens is 226 g/mol. The summed E-state index contributed by atoms with van der Waals surface area (Å²) >= 11 is 0. The summed E-state index contributed by atoms with van der Waals surface area (Å²) in [5.74, 6) is -1.65. The second kappa shape index (κ2) is 8.91. The summed E-state index contributed by atoms with van der Waals surface area (Å²) in [4.78, 5) is 21.7. The predicted octanol–water partition coefficient (Wildman–Crippen LogP) is -1.21. The van der Waals surface area contributed by atoms with Crippen LogP contribution in [0.5, 0.6) is 0 Å². The van der Waals surface area contributed by atoms with E-state index in [1.165, 1.54) is 0 Å². The lowest BCUT2D eigenvalue weighted by molar-refractivity contribution is -0.147. The van der Waals surface area contributed by atoms with Crippen molar-refractivity contribution in [2.45, 2.75) is 37.8 Å². The molecule has 0 spiro atoms. The molecule has 0 aliphatic heterocycles. The molecule has 0 heterocycles. The molecule has 0 aromatic heterocycles. The van der Waals surface area contributed by atoms with E-state index in [9.17, 15) is 9.59 Å². The van der Waals surface area contributed by atoms with Crippen molar-refractivity contribution in [3.05, 3.63) is 0 Å². The van der Waals surface area contributed by atoms with Crippen molar-refractivity contribution in [3.63, 3.8) is 0 Å². The summed E-state index contributed by atoms with van der Waals surface area (Å²) < 4.78 is 4.82. The fourth-order valence-electron chi connectivity index (χ4n) is 1.14. The number of hydrogen-bond donors (Lipinski definition) is 4. The third-order valence-electron chi connectivity index (χ3n) is 2.26. The van der Waals surface area contributed by atoms with E-state index in [1.54, 1.807) is 0 Å².